The van der Waals surface area contributed by atoms with Gasteiger partial charge in [-0.15, -0.1) is 0 Å². The Morgan fingerprint density at radius 3 is 3.11 bits per heavy atom. The van der Waals surface area contributed by atoms with Crippen LogP contribution in [0.15, 0.2) is 18.2 Å². The van der Waals surface area contributed by atoms with E-state index in [1.54, 1.807) is 0 Å². The van der Waals surface area contributed by atoms with E-state index in [4.69, 9.17) is 9.47 Å². The number of amides is 1. The Morgan fingerprint density at radius 2 is 2.28 bits per heavy atom. The maximum absolute atomic E-state index is 11.8. The molecule has 0 aliphatic carbocycles. The molecule has 2 aliphatic heterocycles. The molecule has 1 aromatic carbocycles. The second kappa shape index (κ2) is 4.86. The maximum atomic E-state index is 11.8. The lowest BCUT2D eigenvalue weighted by Crippen LogP contribution is -2.31. The van der Waals surface area contributed by atoms with Gasteiger partial charge in [0, 0.05) is 13.1 Å². The van der Waals surface area contributed by atoms with Gasteiger partial charge >= 0.3 is 0 Å². The molecule has 1 saturated heterocycles. The Kier molecular flexibility index (Phi) is 3.06. The first-order chi connectivity index (χ1) is 8.83. The SMILES string of the molecule is O=C(NCc1ccc2c(c1)OCO2)C1CCNC1. The molecule has 5 heteroatoms. The summed E-state index contributed by atoms with van der Waals surface area (Å²) >= 11 is 0. The summed E-state index contributed by atoms with van der Waals surface area (Å²) in [5.74, 6) is 1.76. The van der Waals surface area contributed by atoms with Gasteiger partial charge in [0.05, 0.1) is 5.92 Å². The lowest BCUT2D eigenvalue weighted by atomic mass is 10.1. The van der Waals surface area contributed by atoms with Gasteiger partial charge in [-0.3, -0.25) is 4.79 Å². The topological polar surface area (TPSA) is 59.6 Å². The van der Waals surface area contributed by atoms with Crippen LogP contribution in [0.1, 0.15) is 12.0 Å². The third-order valence-electron chi connectivity index (χ3n) is 3.33. The highest BCUT2D eigenvalue weighted by Gasteiger charge is 2.22. The van der Waals surface area contributed by atoms with E-state index in [0.717, 1.165) is 36.6 Å². The van der Waals surface area contributed by atoms with Gasteiger partial charge in [-0.1, -0.05) is 6.07 Å². The van der Waals surface area contributed by atoms with Gasteiger partial charge in [-0.25, -0.2) is 0 Å². The van der Waals surface area contributed by atoms with Crippen LogP contribution >= 0.6 is 0 Å². The Labute approximate surface area is 105 Å². The van der Waals surface area contributed by atoms with Crippen molar-refractivity contribution in [1.82, 2.24) is 10.6 Å². The molecular formula is C13H16N2O3. The van der Waals surface area contributed by atoms with Gasteiger partial charge in [0.2, 0.25) is 12.7 Å². The second-order valence-electron chi connectivity index (χ2n) is 4.60. The van der Waals surface area contributed by atoms with E-state index in [1.165, 1.54) is 0 Å². The number of rotatable bonds is 3. The van der Waals surface area contributed by atoms with Gasteiger partial charge in [-0.05, 0) is 30.7 Å². The molecule has 2 N–H and O–H groups in total. The van der Waals surface area contributed by atoms with Crippen molar-refractivity contribution in [3.63, 3.8) is 0 Å². The predicted molar refractivity (Wildman–Crippen MR) is 65.4 cm³/mol. The zero-order valence-electron chi connectivity index (χ0n) is 10.1. The molecule has 18 heavy (non-hydrogen) atoms. The fourth-order valence-electron chi connectivity index (χ4n) is 2.26. The summed E-state index contributed by atoms with van der Waals surface area (Å²) in [5, 5.41) is 6.14. The fourth-order valence-corrected chi connectivity index (χ4v) is 2.26. The van der Waals surface area contributed by atoms with E-state index in [9.17, 15) is 4.79 Å². The van der Waals surface area contributed by atoms with E-state index < -0.39 is 0 Å². The lowest BCUT2D eigenvalue weighted by molar-refractivity contribution is -0.124. The zero-order chi connectivity index (χ0) is 12.4. The van der Waals surface area contributed by atoms with E-state index in [2.05, 4.69) is 10.6 Å². The van der Waals surface area contributed by atoms with Crippen molar-refractivity contribution >= 4 is 5.91 Å². The van der Waals surface area contributed by atoms with Gasteiger partial charge < -0.3 is 20.1 Å². The smallest absolute Gasteiger partial charge is 0.231 e. The number of carbonyl (C=O) groups excluding carboxylic acids is 1. The largest absolute Gasteiger partial charge is 0.454 e. The number of carbonyl (C=O) groups is 1. The minimum atomic E-state index is 0.110. The van der Waals surface area contributed by atoms with Crippen molar-refractivity contribution in [1.29, 1.82) is 0 Å². The van der Waals surface area contributed by atoms with Gasteiger partial charge in [-0.2, -0.15) is 0 Å². The molecule has 0 spiro atoms. The average Bonchev–Trinajstić information content (AvgIpc) is 3.05. The van der Waals surface area contributed by atoms with Crippen LogP contribution in [-0.2, 0) is 11.3 Å². The highest BCUT2D eigenvalue weighted by Crippen LogP contribution is 2.32. The quantitative estimate of drug-likeness (QED) is 0.824. The number of hydrogen-bond acceptors (Lipinski definition) is 4. The molecule has 1 amide bonds. The first kappa shape index (κ1) is 11.3. The summed E-state index contributed by atoms with van der Waals surface area (Å²) in [6, 6.07) is 5.73. The number of hydrogen-bond donors (Lipinski definition) is 2. The molecule has 1 aromatic rings. The molecule has 0 bridgehead atoms. The molecule has 0 saturated carbocycles. The predicted octanol–water partition coefficient (Wildman–Crippen LogP) is 0.641. The highest BCUT2D eigenvalue weighted by atomic mass is 16.7. The van der Waals surface area contributed by atoms with Gasteiger partial charge in [0.15, 0.2) is 11.5 Å². The van der Waals surface area contributed by atoms with Crippen molar-refractivity contribution in [3.8, 4) is 11.5 Å². The van der Waals surface area contributed by atoms with Crippen molar-refractivity contribution in [3.05, 3.63) is 23.8 Å². The maximum Gasteiger partial charge on any atom is 0.231 e. The molecule has 1 fully saturated rings. The Balaban J connectivity index is 1.58. The van der Waals surface area contributed by atoms with Crippen molar-refractivity contribution in [2.45, 2.75) is 13.0 Å². The number of ether oxygens (including phenoxy) is 2. The van der Waals surface area contributed by atoms with Gasteiger partial charge in [0.25, 0.3) is 0 Å². The summed E-state index contributed by atoms with van der Waals surface area (Å²) in [7, 11) is 0. The minimum absolute atomic E-state index is 0.110. The first-order valence-electron chi connectivity index (χ1n) is 6.20. The minimum Gasteiger partial charge on any atom is -0.454 e. The highest BCUT2D eigenvalue weighted by molar-refractivity contribution is 5.79. The van der Waals surface area contributed by atoms with Crippen LogP contribution < -0.4 is 20.1 Å². The van der Waals surface area contributed by atoms with Crippen molar-refractivity contribution < 1.29 is 14.3 Å². The Morgan fingerprint density at radius 1 is 1.39 bits per heavy atom. The molecule has 0 aromatic heterocycles. The van der Waals surface area contributed by atoms with Crippen LogP contribution in [-0.4, -0.2) is 25.8 Å². The third kappa shape index (κ3) is 2.26. The van der Waals surface area contributed by atoms with Gasteiger partial charge in [0.1, 0.15) is 0 Å². The molecule has 0 radical (unpaired) electrons. The van der Waals surface area contributed by atoms with Crippen LogP contribution in [0, 0.1) is 5.92 Å². The van der Waals surface area contributed by atoms with Crippen molar-refractivity contribution in [2.24, 2.45) is 5.92 Å². The molecule has 5 nitrogen and oxygen atoms in total. The first-order valence-corrected chi connectivity index (χ1v) is 6.20. The van der Waals surface area contributed by atoms with Crippen LogP contribution in [0.25, 0.3) is 0 Å². The third-order valence-corrected chi connectivity index (χ3v) is 3.33. The van der Waals surface area contributed by atoms with Crippen molar-refractivity contribution in [2.75, 3.05) is 19.9 Å². The standard InChI is InChI=1S/C13H16N2O3/c16-13(10-3-4-14-7-10)15-6-9-1-2-11-12(5-9)18-8-17-11/h1-2,5,10,14H,3-4,6-8H2,(H,15,16). The molecule has 1 unspecified atom stereocenters. The normalized spacial score (nSPS) is 21.0. The number of nitrogens with one attached hydrogen (secondary N) is 2. The lowest BCUT2D eigenvalue weighted by Gasteiger charge is -2.10. The second-order valence-corrected chi connectivity index (χ2v) is 4.60. The van der Waals surface area contributed by atoms with E-state index in [0.29, 0.717) is 6.54 Å². The van der Waals surface area contributed by atoms with E-state index in [1.807, 2.05) is 18.2 Å². The van der Waals surface area contributed by atoms with Crippen LogP contribution in [0.2, 0.25) is 0 Å². The summed E-state index contributed by atoms with van der Waals surface area (Å²) in [6.07, 6.45) is 0.924. The van der Waals surface area contributed by atoms with E-state index in [-0.39, 0.29) is 18.6 Å². The number of benzene rings is 1. The fraction of sp³-hybridized carbons (Fsp3) is 0.462. The molecule has 2 aliphatic rings. The Bertz CT molecular complexity index is 456. The summed E-state index contributed by atoms with van der Waals surface area (Å²) < 4.78 is 10.5. The zero-order valence-corrected chi connectivity index (χ0v) is 10.1. The summed E-state index contributed by atoms with van der Waals surface area (Å²) in [5.41, 5.74) is 1.03. The molecule has 2 heterocycles. The number of fused-ring (bicyclic) bond motifs is 1. The Hall–Kier alpha value is -1.75. The van der Waals surface area contributed by atoms with Crippen LogP contribution in [0.5, 0.6) is 11.5 Å². The summed E-state index contributed by atoms with van der Waals surface area (Å²) in [4.78, 5) is 11.8. The molecule has 1 atom stereocenters. The molecule has 3 rings (SSSR count). The summed E-state index contributed by atoms with van der Waals surface area (Å²) in [6.45, 7) is 2.53. The van der Waals surface area contributed by atoms with Crippen LogP contribution in [0.4, 0.5) is 0 Å². The van der Waals surface area contributed by atoms with E-state index >= 15 is 0 Å². The average molecular weight is 248 g/mol. The van der Waals surface area contributed by atoms with Crippen LogP contribution in [0.3, 0.4) is 0 Å². The monoisotopic (exact) mass is 248 g/mol. The molecular weight excluding hydrogens is 232 g/mol. The molecule has 96 valence electrons.